The number of nitrogens with zero attached hydrogens (tertiary/aromatic N) is 1. The number of rotatable bonds is 6. The molecule has 3 nitrogen and oxygen atoms in total. The highest BCUT2D eigenvalue weighted by molar-refractivity contribution is 5.81. The van der Waals surface area contributed by atoms with Gasteiger partial charge in [-0.3, -0.25) is 9.79 Å². The van der Waals surface area contributed by atoms with Crippen LogP contribution in [0.3, 0.4) is 0 Å². The van der Waals surface area contributed by atoms with E-state index in [0.29, 0.717) is 42.3 Å². The van der Waals surface area contributed by atoms with Crippen molar-refractivity contribution >= 4 is 12.0 Å². The molecule has 3 heteroatoms. The minimum absolute atomic E-state index is 0.105. The second kappa shape index (κ2) is 10.1. The molecule has 180 valence electrons. The van der Waals surface area contributed by atoms with Crippen LogP contribution in [0.25, 0.3) is 0 Å². The van der Waals surface area contributed by atoms with Crippen LogP contribution in [0.5, 0.6) is 0 Å². The van der Waals surface area contributed by atoms with Crippen molar-refractivity contribution in [3.8, 4) is 0 Å². The van der Waals surface area contributed by atoms with Crippen molar-refractivity contribution in [2.45, 2.75) is 84.2 Å². The van der Waals surface area contributed by atoms with Gasteiger partial charge in [-0.15, -0.1) is 0 Å². The van der Waals surface area contributed by atoms with E-state index >= 15 is 0 Å². The third-order valence-electron chi connectivity index (χ3n) is 8.49. The molecule has 0 aromatic heterocycles. The zero-order valence-corrected chi connectivity index (χ0v) is 21.0. The van der Waals surface area contributed by atoms with Crippen LogP contribution in [0, 0.1) is 23.7 Å². The predicted molar refractivity (Wildman–Crippen MR) is 139 cm³/mol. The van der Waals surface area contributed by atoms with Crippen molar-refractivity contribution in [2.24, 2.45) is 28.7 Å². The molecular weight excluding hydrogens is 418 g/mol. The standard InChI is InChI=1S/C31H39NO2/c1-20-19-32-31(30-13-5-4-12-29(20)30)26-11-7-10-25(17-26)24-9-6-8-23(15-24)16-28(33)18-27-14-21(2)34-22(27)3/h5-6,8-9,13-15,19-20,22,25-27,29H,4,7,10-12,16-18H2,1-3H3. The molecule has 0 saturated heterocycles. The van der Waals surface area contributed by atoms with Crippen molar-refractivity contribution in [2.75, 3.05) is 0 Å². The van der Waals surface area contributed by atoms with E-state index in [1.807, 2.05) is 6.92 Å². The molecule has 0 bridgehead atoms. The summed E-state index contributed by atoms with van der Waals surface area (Å²) in [5.41, 5.74) is 5.43. The maximum atomic E-state index is 12.8. The molecule has 1 aromatic carbocycles. The molecule has 0 N–H and O–H groups in total. The average molecular weight is 458 g/mol. The molecular formula is C31H39NO2. The SMILES string of the molecule is CC1=CC(CC(=O)Cc2cccc(C3CCCC(C4=C5C=CCCC5C(C)C=N4)C3)c2)C(C)O1. The number of allylic oxidation sites excluding steroid dienone is 5. The van der Waals surface area contributed by atoms with E-state index in [4.69, 9.17) is 9.73 Å². The van der Waals surface area contributed by atoms with Crippen molar-refractivity contribution < 1.29 is 9.53 Å². The van der Waals surface area contributed by atoms with Gasteiger partial charge >= 0.3 is 0 Å². The molecule has 2 aliphatic carbocycles. The molecule has 6 unspecified atom stereocenters. The number of hydrogen-bond donors (Lipinski definition) is 0. The third-order valence-corrected chi connectivity index (χ3v) is 8.49. The molecule has 0 amide bonds. The second-order valence-corrected chi connectivity index (χ2v) is 11.1. The largest absolute Gasteiger partial charge is 0.495 e. The summed E-state index contributed by atoms with van der Waals surface area (Å²) in [7, 11) is 0. The van der Waals surface area contributed by atoms with E-state index in [-0.39, 0.29) is 12.0 Å². The van der Waals surface area contributed by atoms with Gasteiger partial charge in [-0.05, 0) is 86.5 Å². The number of carbonyl (C=O) groups excluding carboxylic acids is 1. The van der Waals surface area contributed by atoms with E-state index in [2.05, 4.69) is 62.6 Å². The Balaban J connectivity index is 1.27. The van der Waals surface area contributed by atoms with E-state index in [1.54, 1.807) is 0 Å². The number of hydrogen-bond acceptors (Lipinski definition) is 3. The minimum Gasteiger partial charge on any atom is -0.495 e. The van der Waals surface area contributed by atoms with Gasteiger partial charge in [-0.2, -0.15) is 0 Å². The summed E-state index contributed by atoms with van der Waals surface area (Å²) >= 11 is 0. The van der Waals surface area contributed by atoms with Gasteiger partial charge in [-0.25, -0.2) is 0 Å². The quantitative estimate of drug-likeness (QED) is 0.448. The molecule has 1 fully saturated rings. The lowest BCUT2D eigenvalue weighted by Gasteiger charge is -2.36. The van der Waals surface area contributed by atoms with Gasteiger partial charge in [-0.1, -0.05) is 49.8 Å². The van der Waals surface area contributed by atoms with E-state index in [0.717, 1.165) is 11.3 Å². The van der Waals surface area contributed by atoms with E-state index in [1.165, 1.54) is 55.4 Å². The highest BCUT2D eigenvalue weighted by Gasteiger charge is 2.33. The number of Topliss-reactive ketones (excluding diaryl/α,β-unsaturated/α-hetero) is 1. The Hall–Kier alpha value is -2.42. The Morgan fingerprint density at radius 2 is 2.00 bits per heavy atom. The first-order valence-corrected chi connectivity index (χ1v) is 13.4. The maximum absolute atomic E-state index is 12.8. The minimum atomic E-state index is 0.105. The second-order valence-electron chi connectivity index (χ2n) is 11.1. The van der Waals surface area contributed by atoms with Gasteiger partial charge in [0.25, 0.3) is 0 Å². The molecule has 1 aromatic rings. The lowest BCUT2D eigenvalue weighted by molar-refractivity contribution is -0.119. The fraction of sp³-hybridized carbons (Fsp3) is 0.548. The van der Waals surface area contributed by atoms with Crippen LogP contribution < -0.4 is 0 Å². The molecule has 6 atom stereocenters. The van der Waals surface area contributed by atoms with Crippen molar-refractivity contribution in [3.05, 3.63) is 70.6 Å². The number of ether oxygens (including phenoxy) is 1. The zero-order valence-electron chi connectivity index (χ0n) is 21.0. The molecule has 34 heavy (non-hydrogen) atoms. The summed E-state index contributed by atoms with van der Waals surface area (Å²) in [4.78, 5) is 17.8. The average Bonchev–Trinajstić information content (AvgIpc) is 3.16. The predicted octanol–water partition coefficient (Wildman–Crippen LogP) is 7.34. The van der Waals surface area contributed by atoms with Gasteiger partial charge in [0.2, 0.25) is 0 Å². The third kappa shape index (κ3) is 4.99. The Labute approximate surface area is 205 Å². The van der Waals surface area contributed by atoms with Crippen molar-refractivity contribution in [3.63, 3.8) is 0 Å². The van der Waals surface area contributed by atoms with Crippen LogP contribution in [0.4, 0.5) is 0 Å². The number of carbonyl (C=O) groups is 1. The molecule has 2 aliphatic heterocycles. The maximum Gasteiger partial charge on any atom is 0.137 e. The van der Waals surface area contributed by atoms with E-state index in [9.17, 15) is 4.79 Å². The van der Waals surface area contributed by atoms with Gasteiger partial charge in [0, 0.05) is 36.6 Å². The fourth-order valence-electron chi connectivity index (χ4n) is 6.65. The Bertz CT molecular complexity index is 1050. The highest BCUT2D eigenvalue weighted by Crippen LogP contribution is 2.45. The fourth-order valence-corrected chi connectivity index (χ4v) is 6.65. The topological polar surface area (TPSA) is 38.7 Å². The van der Waals surface area contributed by atoms with Crippen LogP contribution in [0.15, 0.2) is 64.5 Å². The Morgan fingerprint density at radius 3 is 2.82 bits per heavy atom. The van der Waals surface area contributed by atoms with Crippen LogP contribution >= 0.6 is 0 Å². The van der Waals surface area contributed by atoms with Crippen molar-refractivity contribution in [1.29, 1.82) is 0 Å². The Morgan fingerprint density at radius 1 is 1.15 bits per heavy atom. The molecule has 4 aliphatic rings. The first-order chi connectivity index (χ1) is 16.5. The van der Waals surface area contributed by atoms with E-state index < -0.39 is 0 Å². The molecule has 0 radical (unpaired) electrons. The number of aliphatic imine (C=N–C) groups is 1. The van der Waals surface area contributed by atoms with Crippen LogP contribution in [0.1, 0.15) is 82.8 Å². The summed E-state index contributed by atoms with van der Waals surface area (Å²) in [6, 6.07) is 8.84. The smallest absolute Gasteiger partial charge is 0.137 e. The van der Waals surface area contributed by atoms with Crippen LogP contribution in [-0.4, -0.2) is 18.1 Å². The lowest BCUT2D eigenvalue weighted by atomic mass is 9.71. The normalized spacial score (nSPS) is 32.9. The monoisotopic (exact) mass is 457 g/mol. The summed E-state index contributed by atoms with van der Waals surface area (Å²) in [6.07, 6.45) is 17.6. The highest BCUT2D eigenvalue weighted by atomic mass is 16.5. The van der Waals surface area contributed by atoms with Gasteiger partial charge in [0.15, 0.2) is 0 Å². The molecule has 1 saturated carbocycles. The molecule has 0 spiro atoms. The zero-order chi connectivity index (χ0) is 23.7. The number of fused-ring (bicyclic) bond motifs is 1. The summed E-state index contributed by atoms with van der Waals surface area (Å²) in [6.45, 7) is 6.35. The lowest BCUT2D eigenvalue weighted by Crippen LogP contribution is -2.25. The van der Waals surface area contributed by atoms with Gasteiger partial charge < -0.3 is 4.74 Å². The number of benzene rings is 1. The van der Waals surface area contributed by atoms with Crippen LogP contribution in [-0.2, 0) is 16.0 Å². The molecule has 5 rings (SSSR count). The summed E-state index contributed by atoms with van der Waals surface area (Å²) in [5.74, 6) is 3.76. The number of ketones is 1. The Kier molecular flexibility index (Phi) is 6.90. The molecule has 2 heterocycles. The van der Waals surface area contributed by atoms with Crippen molar-refractivity contribution in [1.82, 2.24) is 0 Å². The summed E-state index contributed by atoms with van der Waals surface area (Å²) < 4.78 is 5.71. The first kappa shape index (κ1) is 23.3. The van der Waals surface area contributed by atoms with Crippen LogP contribution in [0.2, 0.25) is 0 Å². The summed E-state index contributed by atoms with van der Waals surface area (Å²) in [5, 5.41) is 0. The van der Waals surface area contributed by atoms with Gasteiger partial charge in [0.1, 0.15) is 11.9 Å². The first-order valence-electron chi connectivity index (χ1n) is 13.4. The van der Waals surface area contributed by atoms with Gasteiger partial charge in [0.05, 0.1) is 5.76 Å².